The summed E-state index contributed by atoms with van der Waals surface area (Å²) in [5.41, 5.74) is 3.23. The number of nitriles is 1. The summed E-state index contributed by atoms with van der Waals surface area (Å²) in [7, 11) is 0. The standard InChI is InChI=1S/C24H26N10O2/c1-14(2)29-19-7-23(34-24-17(10-28-34)6-16(8-25)9-27-24)26-11-18(19)20-12-33(31-30-20)21-4-5-32(15(3)35)13-22(21)36/h6-7,9-12,14,21-22,36H,4-5,13H2,1-3H3,(H,26,29). The summed E-state index contributed by atoms with van der Waals surface area (Å²) in [5.74, 6) is 0.515. The third-order valence-electron chi connectivity index (χ3n) is 6.21. The number of piperidine rings is 1. The fourth-order valence-corrected chi connectivity index (χ4v) is 4.42. The predicted molar refractivity (Wildman–Crippen MR) is 131 cm³/mol. The fourth-order valence-electron chi connectivity index (χ4n) is 4.42. The maximum absolute atomic E-state index is 11.7. The molecule has 1 aliphatic rings. The first-order valence-electron chi connectivity index (χ1n) is 11.7. The number of pyridine rings is 2. The van der Waals surface area contributed by atoms with Gasteiger partial charge in [-0.2, -0.15) is 15.0 Å². The van der Waals surface area contributed by atoms with Gasteiger partial charge in [0.2, 0.25) is 5.91 Å². The molecule has 0 spiro atoms. The molecule has 1 aliphatic heterocycles. The number of β-amino-alcohol motifs (C(OH)–C–C–N with tert-alkyl or cyclic N) is 1. The lowest BCUT2D eigenvalue weighted by Crippen LogP contribution is -2.46. The van der Waals surface area contributed by atoms with Crippen LogP contribution in [0.15, 0.2) is 36.9 Å². The van der Waals surface area contributed by atoms with Crippen LogP contribution in [0.25, 0.3) is 28.1 Å². The van der Waals surface area contributed by atoms with Crippen molar-refractivity contribution in [1.29, 1.82) is 5.26 Å². The van der Waals surface area contributed by atoms with Crippen molar-refractivity contribution >= 4 is 22.6 Å². The van der Waals surface area contributed by atoms with Crippen molar-refractivity contribution < 1.29 is 9.90 Å². The van der Waals surface area contributed by atoms with Crippen molar-refractivity contribution in [2.45, 2.75) is 45.4 Å². The van der Waals surface area contributed by atoms with Crippen molar-refractivity contribution in [3.63, 3.8) is 0 Å². The Hall–Kier alpha value is -4.37. The molecule has 184 valence electrons. The number of hydrogen-bond acceptors (Lipinski definition) is 9. The second kappa shape index (κ2) is 9.35. The fraction of sp³-hybridized carbons (Fsp3) is 0.375. The van der Waals surface area contributed by atoms with Crippen LogP contribution in [0.4, 0.5) is 5.69 Å². The lowest BCUT2D eigenvalue weighted by atomic mass is 10.0. The average molecular weight is 487 g/mol. The minimum absolute atomic E-state index is 0.0481. The van der Waals surface area contributed by atoms with E-state index >= 15 is 0 Å². The van der Waals surface area contributed by atoms with Crippen LogP contribution in [0.1, 0.15) is 38.8 Å². The highest BCUT2D eigenvalue weighted by Gasteiger charge is 2.31. The molecule has 0 radical (unpaired) electrons. The molecular formula is C24H26N10O2. The van der Waals surface area contributed by atoms with Crippen LogP contribution in [-0.2, 0) is 4.79 Å². The molecule has 0 bridgehead atoms. The van der Waals surface area contributed by atoms with Gasteiger partial charge in [0.15, 0.2) is 11.5 Å². The largest absolute Gasteiger partial charge is 0.389 e. The first-order valence-corrected chi connectivity index (χ1v) is 11.7. The summed E-state index contributed by atoms with van der Waals surface area (Å²) < 4.78 is 3.30. The van der Waals surface area contributed by atoms with Crippen molar-refractivity contribution in [2.24, 2.45) is 0 Å². The highest BCUT2D eigenvalue weighted by atomic mass is 16.3. The zero-order chi connectivity index (χ0) is 25.4. The van der Waals surface area contributed by atoms with Crippen molar-refractivity contribution in [3.05, 3.63) is 42.5 Å². The normalized spacial score (nSPS) is 17.9. The number of aromatic nitrogens is 7. The van der Waals surface area contributed by atoms with Gasteiger partial charge in [-0.15, -0.1) is 5.10 Å². The summed E-state index contributed by atoms with van der Waals surface area (Å²) in [6.07, 6.45) is 6.53. The number of anilines is 1. The van der Waals surface area contributed by atoms with Gasteiger partial charge < -0.3 is 15.3 Å². The minimum Gasteiger partial charge on any atom is -0.389 e. The van der Waals surface area contributed by atoms with E-state index in [1.54, 1.807) is 38.9 Å². The molecule has 2 N–H and O–H groups in total. The van der Waals surface area contributed by atoms with Gasteiger partial charge in [0.05, 0.1) is 30.1 Å². The Morgan fingerprint density at radius 2 is 2.08 bits per heavy atom. The number of nitrogens with zero attached hydrogens (tertiary/aromatic N) is 9. The first kappa shape index (κ1) is 23.4. The Labute approximate surface area is 207 Å². The van der Waals surface area contributed by atoms with Gasteiger partial charge in [-0.05, 0) is 26.3 Å². The van der Waals surface area contributed by atoms with Gasteiger partial charge in [0.1, 0.15) is 11.8 Å². The Balaban J connectivity index is 1.47. The number of aliphatic hydroxyl groups excluding tert-OH is 1. The molecule has 5 heterocycles. The monoisotopic (exact) mass is 486 g/mol. The summed E-state index contributed by atoms with van der Waals surface area (Å²) in [5, 5.41) is 37.0. The van der Waals surface area contributed by atoms with Crippen LogP contribution in [0.2, 0.25) is 0 Å². The number of carbonyl (C=O) groups is 1. The quantitative estimate of drug-likeness (QED) is 0.431. The molecule has 4 aromatic rings. The highest BCUT2D eigenvalue weighted by Crippen LogP contribution is 2.30. The lowest BCUT2D eigenvalue weighted by Gasteiger charge is -2.35. The van der Waals surface area contributed by atoms with Gasteiger partial charge >= 0.3 is 0 Å². The van der Waals surface area contributed by atoms with E-state index in [0.717, 1.165) is 16.6 Å². The number of amides is 1. The topological polar surface area (TPSA) is 151 Å². The molecule has 12 nitrogen and oxygen atoms in total. The van der Waals surface area contributed by atoms with E-state index in [9.17, 15) is 9.90 Å². The van der Waals surface area contributed by atoms with E-state index in [-0.39, 0.29) is 24.5 Å². The molecule has 36 heavy (non-hydrogen) atoms. The number of aliphatic hydroxyl groups is 1. The molecule has 2 unspecified atom stereocenters. The summed E-state index contributed by atoms with van der Waals surface area (Å²) in [6, 6.07) is 5.57. The SMILES string of the molecule is CC(=O)N1CCC(n2cc(-c3cnc(-n4ncc5cc(C#N)cnc54)cc3NC(C)C)nn2)C(O)C1. The molecule has 0 saturated carbocycles. The maximum atomic E-state index is 11.7. The Bertz CT molecular complexity index is 1470. The lowest BCUT2D eigenvalue weighted by molar-refractivity contribution is -0.133. The van der Waals surface area contributed by atoms with E-state index in [1.807, 2.05) is 19.9 Å². The highest BCUT2D eigenvalue weighted by molar-refractivity contribution is 5.79. The Morgan fingerprint density at radius 1 is 1.25 bits per heavy atom. The average Bonchev–Trinajstić information content (AvgIpc) is 3.50. The number of hydrogen-bond donors (Lipinski definition) is 2. The molecule has 0 aromatic carbocycles. The molecule has 0 aliphatic carbocycles. The van der Waals surface area contributed by atoms with Crippen LogP contribution in [0.3, 0.4) is 0 Å². The van der Waals surface area contributed by atoms with E-state index in [0.29, 0.717) is 35.7 Å². The second-order valence-electron chi connectivity index (χ2n) is 9.16. The van der Waals surface area contributed by atoms with E-state index in [4.69, 9.17) is 5.26 Å². The van der Waals surface area contributed by atoms with Crippen molar-refractivity contribution in [3.8, 4) is 23.1 Å². The predicted octanol–water partition coefficient (Wildman–Crippen LogP) is 1.92. The smallest absolute Gasteiger partial charge is 0.219 e. The van der Waals surface area contributed by atoms with Crippen molar-refractivity contribution in [1.82, 2.24) is 39.6 Å². The van der Waals surface area contributed by atoms with Gasteiger partial charge in [0.25, 0.3) is 0 Å². The van der Waals surface area contributed by atoms with Gasteiger partial charge in [-0.3, -0.25) is 4.79 Å². The molecular weight excluding hydrogens is 460 g/mol. The zero-order valence-corrected chi connectivity index (χ0v) is 20.2. The molecule has 4 aromatic heterocycles. The van der Waals surface area contributed by atoms with Crippen LogP contribution in [0, 0.1) is 11.3 Å². The number of nitrogens with one attached hydrogen (secondary N) is 1. The summed E-state index contributed by atoms with van der Waals surface area (Å²) in [6.45, 7) is 6.41. The number of likely N-dealkylation sites (tertiary alicyclic amines) is 1. The molecule has 12 heteroatoms. The first-order chi connectivity index (χ1) is 17.3. The molecule has 1 saturated heterocycles. The number of rotatable bonds is 5. The van der Waals surface area contributed by atoms with Crippen LogP contribution in [0.5, 0.6) is 0 Å². The zero-order valence-electron chi connectivity index (χ0n) is 20.2. The van der Waals surface area contributed by atoms with Crippen LogP contribution >= 0.6 is 0 Å². The van der Waals surface area contributed by atoms with Gasteiger partial charge in [-0.25, -0.2) is 14.6 Å². The summed E-state index contributed by atoms with van der Waals surface area (Å²) in [4.78, 5) is 22.3. The van der Waals surface area contributed by atoms with Gasteiger partial charge in [0, 0.05) is 61.2 Å². The van der Waals surface area contributed by atoms with E-state index < -0.39 is 6.10 Å². The molecule has 1 fully saturated rings. The van der Waals surface area contributed by atoms with Crippen LogP contribution < -0.4 is 5.32 Å². The van der Waals surface area contributed by atoms with E-state index in [2.05, 4.69) is 36.8 Å². The second-order valence-corrected chi connectivity index (χ2v) is 9.16. The van der Waals surface area contributed by atoms with Crippen molar-refractivity contribution in [2.75, 3.05) is 18.4 Å². The third-order valence-corrected chi connectivity index (χ3v) is 6.21. The van der Waals surface area contributed by atoms with Gasteiger partial charge in [-0.1, -0.05) is 5.21 Å². The molecule has 1 amide bonds. The number of carbonyl (C=O) groups excluding carboxylic acids is 1. The molecule has 2 atom stereocenters. The van der Waals surface area contributed by atoms with Crippen LogP contribution in [-0.4, -0.2) is 75.9 Å². The number of fused-ring (bicyclic) bond motifs is 1. The van der Waals surface area contributed by atoms with E-state index in [1.165, 1.54) is 13.1 Å². The maximum Gasteiger partial charge on any atom is 0.219 e. The Kier molecular flexibility index (Phi) is 6.07. The molecule has 5 rings (SSSR count). The third kappa shape index (κ3) is 4.36. The Morgan fingerprint density at radius 3 is 2.81 bits per heavy atom. The minimum atomic E-state index is -0.729. The summed E-state index contributed by atoms with van der Waals surface area (Å²) >= 11 is 0.